The van der Waals surface area contributed by atoms with Crippen LogP contribution in [0.2, 0.25) is 5.15 Å². The normalized spacial score (nSPS) is 14.4. The predicted molar refractivity (Wildman–Crippen MR) is 183 cm³/mol. The Morgan fingerprint density at radius 1 is 0.979 bits per heavy atom. The van der Waals surface area contributed by atoms with Crippen molar-refractivity contribution in [3.63, 3.8) is 0 Å². The average molecular weight is 707 g/mol. The Hall–Kier alpha value is -3.29. The molecule has 0 aliphatic carbocycles. The van der Waals surface area contributed by atoms with Gasteiger partial charge < -0.3 is 21.5 Å². The average Bonchev–Trinajstić information content (AvgIpc) is 3.03. The van der Waals surface area contributed by atoms with E-state index in [0.717, 1.165) is 35.9 Å². The summed E-state index contributed by atoms with van der Waals surface area (Å²) in [6, 6.07) is 12.0. The number of nitrogens with zero attached hydrogens (tertiary/aromatic N) is 1. The lowest BCUT2D eigenvalue weighted by Gasteiger charge is -2.32. The van der Waals surface area contributed by atoms with Gasteiger partial charge in [-0.3, -0.25) is 9.59 Å². The number of aliphatic hydroxyl groups is 1. The van der Waals surface area contributed by atoms with Crippen LogP contribution in [0.25, 0.3) is 0 Å². The van der Waals surface area contributed by atoms with Crippen LogP contribution in [-0.2, 0) is 34.0 Å². The summed E-state index contributed by atoms with van der Waals surface area (Å²) >= 11 is 5.89. The summed E-state index contributed by atoms with van der Waals surface area (Å²) in [6.45, 7) is 6.00. The summed E-state index contributed by atoms with van der Waals surface area (Å²) < 4.78 is 55.8. The molecule has 1 aromatic heterocycles. The molecule has 13 heteroatoms. The summed E-state index contributed by atoms with van der Waals surface area (Å²) in [5.41, 5.74) is 5.95. The molecule has 9 nitrogen and oxygen atoms in total. The van der Waals surface area contributed by atoms with Crippen molar-refractivity contribution < 1.29 is 31.9 Å². The van der Waals surface area contributed by atoms with Crippen molar-refractivity contribution in [2.75, 3.05) is 12.3 Å². The van der Waals surface area contributed by atoms with Crippen molar-refractivity contribution in [2.24, 2.45) is 5.73 Å². The first kappa shape index (κ1) is 39.2. The first-order chi connectivity index (χ1) is 22.7. The molecule has 0 spiro atoms. The van der Waals surface area contributed by atoms with Gasteiger partial charge in [-0.25, -0.2) is 22.2 Å². The van der Waals surface area contributed by atoms with E-state index in [1.807, 2.05) is 45.0 Å². The number of nitrogens with two attached hydrogens (primary N) is 1. The van der Waals surface area contributed by atoms with Gasteiger partial charge in [0.2, 0.25) is 5.91 Å². The van der Waals surface area contributed by atoms with Gasteiger partial charge in [0.15, 0.2) is 21.2 Å². The number of rotatable bonds is 19. The Balaban J connectivity index is 1.97. The lowest BCUT2D eigenvalue weighted by atomic mass is 9.90. The second-order valence-corrected chi connectivity index (χ2v) is 14.8. The number of sulfone groups is 1. The first-order valence-corrected chi connectivity index (χ1v) is 18.2. The fraction of sp³-hybridized carbons (Fsp3) is 0.457. The number of nitrogens with one attached hydrogen (secondary N) is 2. The molecule has 0 saturated heterocycles. The number of aryl methyl sites for hydroxylation is 1. The molecule has 0 aliphatic rings. The fourth-order valence-corrected chi connectivity index (χ4v) is 8.05. The lowest BCUT2D eigenvalue weighted by Crippen LogP contribution is -2.66. The van der Waals surface area contributed by atoms with Crippen LogP contribution in [0, 0.1) is 11.6 Å². The van der Waals surface area contributed by atoms with Crippen LogP contribution < -0.4 is 16.4 Å². The van der Waals surface area contributed by atoms with E-state index >= 15 is 0 Å². The highest BCUT2D eigenvalue weighted by molar-refractivity contribution is 7.92. The SMILES string of the molecule is CCCC(CCC)S(=O)(=O)CC(N)(C(=O)N[C@@H](Cc1cc(F)cc(F)c1)[C@H](O)CNCc1cccc(CC)c1)C(=O)c1ccc(Cl)nc1. The molecule has 1 heterocycles. The minimum atomic E-state index is -4.11. The van der Waals surface area contributed by atoms with E-state index in [9.17, 15) is 31.9 Å². The topological polar surface area (TPSA) is 151 Å². The van der Waals surface area contributed by atoms with Gasteiger partial charge in [-0.2, -0.15) is 0 Å². The molecule has 0 saturated carbocycles. The molecule has 1 amide bonds. The van der Waals surface area contributed by atoms with Crippen LogP contribution in [0.1, 0.15) is 73.5 Å². The van der Waals surface area contributed by atoms with Crippen LogP contribution in [-0.4, -0.2) is 65.4 Å². The second kappa shape index (κ2) is 17.9. The molecule has 5 N–H and O–H groups in total. The van der Waals surface area contributed by atoms with Crippen molar-refractivity contribution in [1.29, 1.82) is 0 Å². The molecule has 1 unspecified atom stereocenters. The first-order valence-electron chi connectivity index (χ1n) is 16.1. The predicted octanol–water partition coefficient (Wildman–Crippen LogP) is 4.72. The maximum Gasteiger partial charge on any atom is 0.249 e. The number of amides is 1. The van der Waals surface area contributed by atoms with Crippen LogP contribution in [0.15, 0.2) is 60.8 Å². The number of aliphatic hydroxyl groups excluding tert-OH is 1. The van der Waals surface area contributed by atoms with E-state index in [4.69, 9.17) is 17.3 Å². The Bertz CT molecular complexity index is 1620. The number of Topliss-reactive ketones (excluding diaryl/α,β-unsaturated/α-hetero) is 1. The third-order valence-electron chi connectivity index (χ3n) is 8.20. The lowest BCUT2D eigenvalue weighted by molar-refractivity contribution is -0.125. The molecule has 3 aromatic rings. The maximum atomic E-state index is 14.1. The van der Waals surface area contributed by atoms with Crippen molar-refractivity contribution >= 4 is 33.1 Å². The van der Waals surface area contributed by atoms with Crippen LogP contribution >= 0.6 is 11.6 Å². The highest BCUT2D eigenvalue weighted by Gasteiger charge is 2.48. The number of aromatic nitrogens is 1. The Kier molecular flexibility index (Phi) is 14.6. The van der Waals surface area contributed by atoms with Gasteiger partial charge in [-0.15, -0.1) is 0 Å². The number of carbonyl (C=O) groups is 2. The van der Waals surface area contributed by atoms with Crippen molar-refractivity contribution in [3.8, 4) is 0 Å². The molecule has 0 radical (unpaired) electrons. The highest BCUT2D eigenvalue weighted by atomic mass is 35.5. The number of pyridine rings is 1. The van der Waals surface area contributed by atoms with Gasteiger partial charge in [0.05, 0.1) is 23.1 Å². The van der Waals surface area contributed by atoms with Gasteiger partial charge >= 0.3 is 0 Å². The fourth-order valence-electron chi connectivity index (χ4n) is 5.61. The Morgan fingerprint density at radius 2 is 1.62 bits per heavy atom. The zero-order valence-corrected chi connectivity index (χ0v) is 29.1. The second-order valence-electron chi connectivity index (χ2n) is 12.1. The van der Waals surface area contributed by atoms with Crippen LogP contribution in [0.5, 0.6) is 0 Å². The molecular weight excluding hydrogens is 662 g/mol. The largest absolute Gasteiger partial charge is 0.390 e. The van der Waals surface area contributed by atoms with Crippen molar-refractivity contribution in [1.82, 2.24) is 15.6 Å². The minimum absolute atomic E-state index is 0.0663. The van der Waals surface area contributed by atoms with Gasteiger partial charge in [0.1, 0.15) is 16.8 Å². The monoisotopic (exact) mass is 706 g/mol. The maximum absolute atomic E-state index is 14.1. The van der Waals surface area contributed by atoms with Crippen molar-refractivity contribution in [3.05, 3.63) is 99.8 Å². The van der Waals surface area contributed by atoms with Crippen molar-refractivity contribution in [2.45, 2.75) is 88.8 Å². The zero-order valence-electron chi connectivity index (χ0n) is 27.5. The molecular formula is C35H45ClF2N4O5S. The summed E-state index contributed by atoms with van der Waals surface area (Å²) in [7, 11) is -4.11. The van der Waals surface area contributed by atoms with Gasteiger partial charge in [0, 0.05) is 30.9 Å². The summed E-state index contributed by atoms with van der Waals surface area (Å²) in [5.74, 6) is -4.92. The molecule has 0 bridgehead atoms. The molecule has 48 heavy (non-hydrogen) atoms. The summed E-state index contributed by atoms with van der Waals surface area (Å²) in [5, 5.41) is 16.2. The molecule has 0 fully saturated rings. The van der Waals surface area contributed by atoms with E-state index in [1.54, 1.807) is 0 Å². The standard InChI is InChI=1S/C35H45ClF2N4O5S/c1-4-8-29(9-5-2)48(46,47)22-35(39,33(44)26-12-13-32(36)41-20-26)34(45)42-30(17-25-15-27(37)18-28(38)16-25)31(43)21-40-19-24-11-7-10-23(6-3)14-24/h7,10-16,18,20,29-31,40,43H,4-6,8-9,17,19,21-22,39H2,1-3H3,(H,42,45)/t30-,31+,35?/m0/s1. The number of carbonyl (C=O) groups excluding carboxylic acids is 2. The minimum Gasteiger partial charge on any atom is -0.390 e. The third kappa shape index (κ3) is 10.9. The number of benzene rings is 2. The van der Waals surface area contributed by atoms with Gasteiger partial charge in [-0.05, 0) is 66.6 Å². The quantitative estimate of drug-likeness (QED) is 0.0795. The number of ketones is 1. The number of hydrogen-bond donors (Lipinski definition) is 4. The van der Waals surface area contributed by atoms with E-state index in [-0.39, 0.29) is 29.2 Å². The van der Waals surface area contributed by atoms with E-state index in [2.05, 4.69) is 15.6 Å². The Labute approximate surface area is 286 Å². The van der Waals surface area contributed by atoms with E-state index < -0.39 is 61.8 Å². The molecule has 0 aliphatic heterocycles. The zero-order chi connectivity index (χ0) is 35.5. The van der Waals surface area contributed by atoms with Gasteiger partial charge in [0.25, 0.3) is 0 Å². The Morgan fingerprint density at radius 3 is 2.21 bits per heavy atom. The smallest absolute Gasteiger partial charge is 0.249 e. The van der Waals surface area contributed by atoms with Gasteiger partial charge in [-0.1, -0.05) is 69.5 Å². The van der Waals surface area contributed by atoms with Crippen LogP contribution in [0.3, 0.4) is 0 Å². The van der Waals surface area contributed by atoms with Crippen LogP contribution in [0.4, 0.5) is 8.78 Å². The summed E-state index contributed by atoms with van der Waals surface area (Å²) in [4.78, 5) is 31.9. The molecule has 3 atom stereocenters. The number of hydrogen-bond acceptors (Lipinski definition) is 8. The molecule has 2 aromatic carbocycles. The number of halogens is 3. The molecule has 262 valence electrons. The third-order valence-corrected chi connectivity index (χ3v) is 10.8. The summed E-state index contributed by atoms with van der Waals surface area (Å²) in [6.07, 6.45) is 2.05. The van der Waals surface area contributed by atoms with E-state index in [1.165, 1.54) is 12.1 Å². The highest BCUT2D eigenvalue weighted by Crippen LogP contribution is 2.23. The molecule has 3 rings (SSSR count). The van der Waals surface area contributed by atoms with E-state index in [0.29, 0.717) is 38.3 Å².